The minimum atomic E-state index is -2.01. The van der Waals surface area contributed by atoms with Gasteiger partial charge in [0.1, 0.15) is 19.5 Å². The standard InChI is InChI=1S/C22H27FN2O5P2/c1-13-9-10-16(19(11-13)30-22(23,31)32)15(3)24-29-12-18-14(2)7-6-8-17(18)20(25-28-5)21(26)27-4/h6-11H,12,31-32H2,1-5H3/b24-15+,25-20+. The van der Waals surface area contributed by atoms with Crippen LogP contribution in [0.4, 0.5) is 4.39 Å². The van der Waals surface area contributed by atoms with Gasteiger partial charge < -0.3 is 19.1 Å². The Morgan fingerprint density at radius 1 is 1.09 bits per heavy atom. The number of nitrogens with zero attached hydrogens (tertiary/aromatic N) is 2. The van der Waals surface area contributed by atoms with Crippen LogP contribution in [-0.4, -0.2) is 36.9 Å². The van der Waals surface area contributed by atoms with Gasteiger partial charge in [-0.2, -0.15) is 4.39 Å². The molecule has 172 valence electrons. The lowest BCUT2D eigenvalue weighted by Gasteiger charge is -2.19. The molecular formula is C22H27FN2O5P2. The van der Waals surface area contributed by atoms with E-state index in [0.717, 1.165) is 11.1 Å². The predicted molar refractivity (Wildman–Crippen MR) is 129 cm³/mol. The van der Waals surface area contributed by atoms with Crippen molar-refractivity contribution in [2.45, 2.75) is 32.7 Å². The van der Waals surface area contributed by atoms with Gasteiger partial charge in [0.25, 0.3) is 5.34 Å². The number of aryl methyl sites for hydroxylation is 2. The first-order chi connectivity index (χ1) is 15.1. The molecule has 32 heavy (non-hydrogen) atoms. The number of carbonyl (C=O) groups is 1. The van der Waals surface area contributed by atoms with Gasteiger partial charge in [-0.25, -0.2) is 4.79 Å². The summed E-state index contributed by atoms with van der Waals surface area (Å²) in [7, 11) is 6.56. The second kappa shape index (κ2) is 11.3. The van der Waals surface area contributed by atoms with Gasteiger partial charge in [0.2, 0.25) is 0 Å². The largest absolute Gasteiger partial charge is 0.464 e. The van der Waals surface area contributed by atoms with Crippen LogP contribution >= 0.6 is 18.5 Å². The number of carbonyl (C=O) groups excluding carboxylic acids is 1. The van der Waals surface area contributed by atoms with E-state index in [1.54, 1.807) is 31.2 Å². The quantitative estimate of drug-likeness (QED) is 0.229. The zero-order valence-corrected chi connectivity index (χ0v) is 20.9. The van der Waals surface area contributed by atoms with Crippen LogP contribution in [0.3, 0.4) is 0 Å². The van der Waals surface area contributed by atoms with Crippen molar-refractivity contribution in [3.8, 4) is 5.75 Å². The third-order valence-corrected chi connectivity index (χ3v) is 4.67. The molecule has 0 saturated heterocycles. The van der Waals surface area contributed by atoms with E-state index < -0.39 is 11.3 Å². The monoisotopic (exact) mass is 480 g/mol. The zero-order valence-electron chi connectivity index (χ0n) is 18.6. The van der Waals surface area contributed by atoms with Crippen LogP contribution in [0.25, 0.3) is 0 Å². The molecule has 0 aliphatic heterocycles. The highest BCUT2D eigenvalue weighted by Gasteiger charge is 2.22. The van der Waals surface area contributed by atoms with Crippen molar-refractivity contribution in [1.82, 2.24) is 0 Å². The van der Waals surface area contributed by atoms with Crippen LogP contribution in [0.2, 0.25) is 0 Å². The van der Waals surface area contributed by atoms with E-state index in [9.17, 15) is 9.18 Å². The SMILES string of the molecule is CO/N=C(/C(=O)OC)c1cccc(C)c1CO/N=C(\C)c1ccc(C)cc1OC(F)(P)P. The van der Waals surface area contributed by atoms with E-state index in [1.165, 1.54) is 14.2 Å². The van der Waals surface area contributed by atoms with Crippen LogP contribution < -0.4 is 4.74 Å². The van der Waals surface area contributed by atoms with E-state index in [1.807, 2.05) is 44.5 Å². The summed E-state index contributed by atoms with van der Waals surface area (Å²) < 4.78 is 24.2. The van der Waals surface area contributed by atoms with Crippen LogP contribution in [0.1, 0.15) is 34.7 Å². The highest BCUT2D eigenvalue weighted by atomic mass is 31.1. The van der Waals surface area contributed by atoms with E-state index in [0.29, 0.717) is 28.2 Å². The summed E-state index contributed by atoms with van der Waals surface area (Å²) in [6.45, 7) is 5.55. The van der Waals surface area contributed by atoms with E-state index >= 15 is 0 Å². The molecule has 2 unspecified atom stereocenters. The molecule has 0 radical (unpaired) electrons. The molecule has 7 nitrogen and oxygen atoms in total. The number of alkyl halides is 1. The number of hydrogen-bond donors (Lipinski definition) is 0. The van der Waals surface area contributed by atoms with Crippen molar-refractivity contribution in [3.05, 3.63) is 64.2 Å². The van der Waals surface area contributed by atoms with Gasteiger partial charge in [-0.1, -0.05) is 34.6 Å². The van der Waals surface area contributed by atoms with Gasteiger partial charge in [-0.3, -0.25) is 0 Å². The Bertz CT molecular complexity index is 1040. The third kappa shape index (κ3) is 6.98. The molecule has 0 spiro atoms. The maximum Gasteiger partial charge on any atom is 0.360 e. The summed E-state index contributed by atoms with van der Waals surface area (Å²) in [5, 5.41) is 5.97. The molecule has 0 aliphatic rings. The molecule has 0 bridgehead atoms. The van der Waals surface area contributed by atoms with Crippen LogP contribution in [-0.2, 0) is 25.8 Å². The van der Waals surface area contributed by atoms with Gasteiger partial charge in [0.05, 0.1) is 12.8 Å². The van der Waals surface area contributed by atoms with Crippen molar-refractivity contribution in [3.63, 3.8) is 0 Å². The molecule has 2 atom stereocenters. The number of oxime groups is 2. The Hall–Kier alpha value is -2.56. The molecule has 0 heterocycles. The second-order valence-corrected chi connectivity index (χ2v) is 9.21. The fourth-order valence-corrected chi connectivity index (χ4v) is 3.18. The van der Waals surface area contributed by atoms with Crippen LogP contribution in [0, 0.1) is 13.8 Å². The molecule has 0 saturated carbocycles. The maximum atomic E-state index is 14.0. The fraction of sp³-hybridized carbons (Fsp3) is 0.318. The van der Waals surface area contributed by atoms with Gasteiger partial charge in [0.15, 0.2) is 5.71 Å². The molecule has 2 aromatic rings. The molecular weight excluding hydrogens is 453 g/mol. The van der Waals surface area contributed by atoms with Gasteiger partial charge in [-0.15, -0.1) is 0 Å². The minimum absolute atomic E-state index is 0.0207. The van der Waals surface area contributed by atoms with Gasteiger partial charge >= 0.3 is 5.97 Å². The molecule has 0 fully saturated rings. The maximum absolute atomic E-state index is 14.0. The topological polar surface area (TPSA) is 78.7 Å². The Morgan fingerprint density at radius 3 is 2.44 bits per heavy atom. The summed E-state index contributed by atoms with van der Waals surface area (Å²) in [4.78, 5) is 22.6. The highest BCUT2D eigenvalue weighted by molar-refractivity contribution is 7.38. The predicted octanol–water partition coefficient (Wildman–Crippen LogP) is 4.48. The fourth-order valence-electron chi connectivity index (χ4n) is 2.92. The lowest BCUT2D eigenvalue weighted by Crippen LogP contribution is -2.20. The Kier molecular flexibility index (Phi) is 9.11. The molecule has 2 aromatic carbocycles. The average molecular weight is 480 g/mol. The first-order valence-corrected chi connectivity index (χ1v) is 10.7. The third-order valence-electron chi connectivity index (χ3n) is 4.43. The Balaban J connectivity index is 2.33. The number of halogens is 1. The van der Waals surface area contributed by atoms with E-state index in [-0.39, 0.29) is 12.3 Å². The molecule has 0 amide bonds. The number of benzene rings is 2. The van der Waals surface area contributed by atoms with Crippen molar-refractivity contribution >= 4 is 35.9 Å². The van der Waals surface area contributed by atoms with Crippen molar-refractivity contribution < 1.29 is 28.3 Å². The van der Waals surface area contributed by atoms with E-state index in [2.05, 4.69) is 10.3 Å². The molecule has 0 aliphatic carbocycles. The van der Waals surface area contributed by atoms with Gasteiger partial charge in [0, 0.05) is 16.7 Å². The van der Waals surface area contributed by atoms with Crippen molar-refractivity contribution in [2.75, 3.05) is 14.2 Å². The average Bonchev–Trinajstić information content (AvgIpc) is 2.71. The highest BCUT2D eigenvalue weighted by Crippen LogP contribution is 2.34. The van der Waals surface area contributed by atoms with E-state index in [4.69, 9.17) is 19.1 Å². The Labute approximate surface area is 191 Å². The minimum Gasteiger partial charge on any atom is -0.464 e. The molecule has 0 aromatic heterocycles. The number of rotatable bonds is 9. The summed E-state index contributed by atoms with van der Waals surface area (Å²) in [5.74, 6) is -0.302. The normalized spacial score (nSPS) is 12.4. The molecule has 0 N–H and O–H groups in total. The number of methoxy groups -OCH3 is 1. The van der Waals surface area contributed by atoms with Crippen LogP contribution in [0.15, 0.2) is 46.7 Å². The molecule has 10 heteroatoms. The second-order valence-electron chi connectivity index (χ2n) is 6.96. The summed E-state index contributed by atoms with van der Waals surface area (Å²) >= 11 is 0. The zero-order chi connectivity index (χ0) is 23.9. The molecule has 2 rings (SSSR count). The van der Waals surface area contributed by atoms with Crippen LogP contribution in [0.5, 0.6) is 5.75 Å². The first kappa shape index (κ1) is 25.7. The summed E-state index contributed by atoms with van der Waals surface area (Å²) in [5.41, 5.74) is 4.09. The van der Waals surface area contributed by atoms with Crippen molar-refractivity contribution in [1.29, 1.82) is 0 Å². The lowest BCUT2D eigenvalue weighted by atomic mass is 9.99. The summed E-state index contributed by atoms with van der Waals surface area (Å²) in [6.07, 6.45) is 0. The number of hydrogen-bond acceptors (Lipinski definition) is 7. The number of ether oxygens (including phenoxy) is 2. The first-order valence-electron chi connectivity index (χ1n) is 9.59. The number of esters is 1. The smallest absolute Gasteiger partial charge is 0.360 e. The Morgan fingerprint density at radius 2 is 1.81 bits per heavy atom. The summed E-state index contributed by atoms with van der Waals surface area (Å²) in [6, 6.07) is 10.8. The lowest BCUT2D eigenvalue weighted by molar-refractivity contribution is -0.132. The van der Waals surface area contributed by atoms with Gasteiger partial charge in [-0.05, 0) is 62.5 Å². The van der Waals surface area contributed by atoms with Crippen molar-refractivity contribution in [2.24, 2.45) is 10.3 Å².